The van der Waals surface area contributed by atoms with Gasteiger partial charge in [-0.25, -0.2) is 5.01 Å². The Kier molecular flexibility index (Phi) is 1.84. The third kappa shape index (κ3) is 1.21. The highest BCUT2D eigenvalue weighted by atomic mass is 16.2. The van der Waals surface area contributed by atoms with Gasteiger partial charge in [0.25, 0.3) is 5.91 Å². The number of amides is 1. The molecule has 2 heterocycles. The molecule has 3 rings (SSSR count). The van der Waals surface area contributed by atoms with Crippen molar-refractivity contribution in [3.8, 4) is 0 Å². The lowest BCUT2D eigenvalue weighted by Crippen LogP contribution is -2.18. The Bertz CT molecular complexity index is 764. The van der Waals surface area contributed by atoms with Crippen LogP contribution in [0.1, 0.15) is 15.9 Å². The highest BCUT2D eigenvalue weighted by molar-refractivity contribution is 5.98. The minimum absolute atomic E-state index is 0.111. The van der Waals surface area contributed by atoms with E-state index >= 15 is 0 Å². The van der Waals surface area contributed by atoms with Crippen LogP contribution in [0.2, 0.25) is 0 Å². The van der Waals surface area contributed by atoms with E-state index < -0.39 is 0 Å². The molecule has 17 heavy (non-hydrogen) atoms. The molecule has 0 radical (unpaired) electrons. The third-order valence-corrected chi connectivity index (χ3v) is 3.12. The van der Waals surface area contributed by atoms with E-state index in [4.69, 9.17) is 0 Å². The average Bonchev–Trinajstić information content (AvgIpc) is 2.61. The molecule has 0 bridgehead atoms. The molecule has 1 aliphatic rings. The largest absolute Gasteiger partial charge is 0.277 e. The van der Waals surface area contributed by atoms with Gasteiger partial charge in [0.15, 0.2) is 0 Å². The summed E-state index contributed by atoms with van der Waals surface area (Å²) >= 11 is 0. The number of aryl methyl sites for hydroxylation is 1. The summed E-state index contributed by atoms with van der Waals surface area (Å²) in [5, 5.41) is 8.07. The van der Waals surface area contributed by atoms with Gasteiger partial charge in [-0.05, 0) is 17.7 Å². The van der Waals surface area contributed by atoms with Gasteiger partial charge >= 0.3 is 0 Å². The molecule has 1 amide bonds. The molecule has 4 nitrogen and oxygen atoms in total. The van der Waals surface area contributed by atoms with E-state index in [2.05, 4.69) is 16.7 Å². The van der Waals surface area contributed by atoms with Crippen LogP contribution >= 0.6 is 0 Å². The van der Waals surface area contributed by atoms with Crippen molar-refractivity contribution in [3.63, 3.8) is 0 Å². The zero-order chi connectivity index (χ0) is 12.2. The summed E-state index contributed by atoms with van der Waals surface area (Å²) in [6, 6.07) is 3.92. The van der Waals surface area contributed by atoms with Crippen LogP contribution in [-0.2, 0) is 0 Å². The summed E-state index contributed by atoms with van der Waals surface area (Å²) in [6.45, 7) is 6.00. The van der Waals surface area contributed by atoms with E-state index in [1.807, 2.05) is 19.1 Å². The monoisotopic (exact) mass is 225 g/mol. The fourth-order valence-corrected chi connectivity index (χ4v) is 2.05. The Balaban J connectivity index is 2.55. The quantitative estimate of drug-likeness (QED) is 0.658. The summed E-state index contributed by atoms with van der Waals surface area (Å²) in [6.07, 6.45) is 1.58. The molecule has 4 heteroatoms. The van der Waals surface area contributed by atoms with Crippen molar-refractivity contribution in [1.82, 2.24) is 9.99 Å². The zero-order valence-electron chi connectivity index (χ0n) is 9.69. The van der Waals surface area contributed by atoms with Crippen molar-refractivity contribution in [3.05, 3.63) is 40.0 Å². The molecule has 0 aliphatic carbocycles. The molecule has 0 atom stereocenters. The molecule has 0 fully saturated rings. The van der Waals surface area contributed by atoms with Crippen molar-refractivity contribution in [2.24, 2.45) is 5.10 Å². The smallest absolute Gasteiger partial charge is 0.267 e. The molecular formula is C13H11N3O. The van der Waals surface area contributed by atoms with Crippen molar-refractivity contribution in [1.29, 1.82) is 0 Å². The van der Waals surface area contributed by atoms with Crippen LogP contribution in [-0.4, -0.2) is 22.9 Å². The van der Waals surface area contributed by atoms with Gasteiger partial charge in [-0.15, -0.1) is 0 Å². The van der Waals surface area contributed by atoms with Crippen LogP contribution in [0.25, 0.3) is 17.5 Å². The Morgan fingerprint density at radius 1 is 1.35 bits per heavy atom. The fraction of sp³-hybridized carbons (Fsp3) is 0.154. The maximum atomic E-state index is 11.8. The van der Waals surface area contributed by atoms with Gasteiger partial charge in [0.1, 0.15) is 5.36 Å². The van der Waals surface area contributed by atoms with Gasteiger partial charge in [-0.1, -0.05) is 18.7 Å². The molecule has 84 valence electrons. The Hall–Kier alpha value is -2.23. The number of nitrogens with zero attached hydrogens (tertiary/aromatic N) is 3. The van der Waals surface area contributed by atoms with Crippen LogP contribution in [0.15, 0.2) is 23.4 Å². The minimum atomic E-state index is -0.111. The number of fused-ring (bicyclic) bond motifs is 3. The summed E-state index contributed by atoms with van der Waals surface area (Å²) in [5.41, 5.74) is 2.46. The number of carbonyl (C=O) groups excluding carboxylic acids is 1. The molecule has 0 saturated carbocycles. The topological polar surface area (TPSA) is 45.6 Å². The van der Waals surface area contributed by atoms with Gasteiger partial charge in [-0.3, -0.25) is 9.78 Å². The van der Waals surface area contributed by atoms with E-state index in [1.165, 1.54) is 5.01 Å². The second-order valence-corrected chi connectivity index (χ2v) is 4.21. The first-order valence-electron chi connectivity index (χ1n) is 5.33. The Morgan fingerprint density at radius 3 is 2.88 bits per heavy atom. The first-order chi connectivity index (χ1) is 8.09. The predicted octanol–water partition coefficient (Wildman–Crippen LogP) is 0.574. The molecule has 1 aromatic carbocycles. The number of pyridine rings is 1. The SMILES string of the molecule is C=c1c(C)ccc2c3c(cnc12)C(=O)N(C)N=3. The predicted molar refractivity (Wildman–Crippen MR) is 64.9 cm³/mol. The number of hydrogen-bond acceptors (Lipinski definition) is 3. The van der Waals surface area contributed by atoms with Gasteiger partial charge in [0.05, 0.1) is 11.1 Å². The number of carbonyl (C=O) groups is 1. The first-order valence-corrected chi connectivity index (χ1v) is 5.33. The lowest BCUT2D eigenvalue weighted by Gasteiger charge is -2.01. The molecule has 0 spiro atoms. The molecule has 0 unspecified atom stereocenters. The maximum Gasteiger partial charge on any atom is 0.277 e. The molecule has 1 aliphatic heterocycles. The number of rotatable bonds is 0. The maximum absolute atomic E-state index is 11.8. The van der Waals surface area contributed by atoms with Gasteiger partial charge in [0, 0.05) is 18.6 Å². The van der Waals surface area contributed by atoms with E-state index in [-0.39, 0.29) is 5.91 Å². The molecule has 0 N–H and O–H groups in total. The number of benzene rings is 1. The number of aromatic nitrogens is 1. The summed E-state index contributed by atoms with van der Waals surface area (Å²) in [4.78, 5) is 16.1. The highest BCUT2D eigenvalue weighted by Gasteiger charge is 2.22. The molecule has 1 aromatic heterocycles. The van der Waals surface area contributed by atoms with Crippen molar-refractivity contribution < 1.29 is 4.79 Å². The van der Waals surface area contributed by atoms with E-state index in [0.29, 0.717) is 10.9 Å². The fourth-order valence-electron chi connectivity index (χ4n) is 2.05. The second kappa shape index (κ2) is 3.13. The Morgan fingerprint density at radius 2 is 2.12 bits per heavy atom. The highest BCUT2D eigenvalue weighted by Crippen LogP contribution is 2.10. The summed E-state index contributed by atoms with van der Waals surface area (Å²) in [5.74, 6) is -0.111. The average molecular weight is 225 g/mol. The minimum Gasteiger partial charge on any atom is -0.267 e. The van der Waals surface area contributed by atoms with E-state index in [9.17, 15) is 4.79 Å². The number of hydrogen-bond donors (Lipinski definition) is 0. The van der Waals surface area contributed by atoms with Crippen LogP contribution in [0, 0.1) is 6.92 Å². The molecular weight excluding hydrogens is 214 g/mol. The van der Waals surface area contributed by atoms with Crippen LogP contribution in [0.5, 0.6) is 0 Å². The zero-order valence-corrected chi connectivity index (χ0v) is 9.69. The van der Waals surface area contributed by atoms with Gasteiger partial charge < -0.3 is 0 Å². The standard InChI is InChI=1S/C13H11N3O/c1-7-4-5-9-11(8(7)2)14-6-10-12(9)15-16(3)13(10)17/h4-6H,2H2,1,3H3. The summed E-state index contributed by atoms with van der Waals surface area (Å²) < 4.78 is 0. The van der Waals surface area contributed by atoms with E-state index in [1.54, 1.807) is 13.2 Å². The molecule has 0 saturated heterocycles. The van der Waals surface area contributed by atoms with Crippen LogP contribution < -0.4 is 10.6 Å². The van der Waals surface area contributed by atoms with Gasteiger partial charge in [0.2, 0.25) is 0 Å². The van der Waals surface area contributed by atoms with Crippen molar-refractivity contribution in [2.75, 3.05) is 7.05 Å². The van der Waals surface area contributed by atoms with Gasteiger partial charge in [-0.2, -0.15) is 5.10 Å². The van der Waals surface area contributed by atoms with Crippen molar-refractivity contribution in [2.45, 2.75) is 6.92 Å². The third-order valence-electron chi connectivity index (χ3n) is 3.12. The first kappa shape index (κ1) is 9.96. The normalized spacial score (nSPS) is 14.0. The Labute approximate surface area is 97.9 Å². The van der Waals surface area contributed by atoms with E-state index in [0.717, 1.165) is 21.7 Å². The summed E-state index contributed by atoms with van der Waals surface area (Å²) in [7, 11) is 1.65. The lowest BCUT2D eigenvalue weighted by molar-refractivity contribution is 0.0816. The van der Waals surface area contributed by atoms with Crippen molar-refractivity contribution >= 4 is 23.4 Å². The second-order valence-electron chi connectivity index (χ2n) is 4.21. The molecule has 2 aromatic rings. The van der Waals surface area contributed by atoms with Crippen LogP contribution in [0.3, 0.4) is 0 Å². The van der Waals surface area contributed by atoms with Crippen LogP contribution in [0.4, 0.5) is 0 Å². The lowest BCUT2D eigenvalue weighted by atomic mass is 10.1.